The lowest BCUT2D eigenvalue weighted by molar-refractivity contribution is 0.0948. The molecule has 3 aromatic rings. The Hall–Kier alpha value is -3.35. The van der Waals surface area contributed by atoms with Gasteiger partial charge in [0.2, 0.25) is 0 Å². The maximum absolute atomic E-state index is 12.4. The van der Waals surface area contributed by atoms with Gasteiger partial charge in [0.15, 0.2) is 5.69 Å². The van der Waals surface area contributed by atoms with E-state index in [1.165, 1.54) is 0 Å². The van der Waals surface area contributed by atoms with Gasteiger partial charge < -0.3 is 20.5 Å². The normalized spacial score (nSPS) is 10.7. The number of nitrogens with two attached hydrogens (primary N) is 1. The van der Waals surface area contributed by atoms with Crippen LogP contribution in [0.5, 0.6) is 11.5 Å². The monoisotopic (exact) mass is 380 g/mol. The van der Waals surface area contributed by atoms with Gasteiger partial charge in [0.25, 0.3) is 5.91 Å². The number of carbonyl (C=O) groups excluding carboxylic acids is 1. The van der Waals surface area contributed by atoms with Crippen molar-refractivity contribution in [2.45, 2.75) is 19.8 Å². The number of ether oxygens (including phenoxy) is 2. The highest BCUT2D eigenvalue weighted by Crippen LogP contribution is 2.37. The van der Waals surface area contributed by atoms with Gasteiger partial charge in [-0.25, -0.2) is 0 Å². The fraction of sp³-hybridized carbons (Fsp3) is 0.286. The van der Waals surface area contributed by atoms with E-state index in [2.05, 4.69) is 22.4 Å². The number of hydrogen-bond donors (Lipinski definition) is 2. The number of aromatic nitrogens is 2. The average Bonchev–Trinajstić information content (AvgIpc) is 2.73. The number of benzene rings is 2. The van der Waals surface area contributed by atoms with Crippen molar-refractivity contribution < 1.29 is 14.3 Å². The molecule has 0 aliphatic rings. The molecule has 0 fully saturated rings. The number of unbranched alkanes of at least 4 members (excludes halogenated alkanes) is 1. The number of nitrogen functional groups attached to an aromatic ring is 1. The maximum Gasteiger partial charge on any atom is 0.273 e. The quantitative estimate of drug-likeness (QED) is 0.609. The topological polar surface area (TPSA) is 99.4 Å². The second kappa shape index (κ2) is 8.56. The zero-order chi connectivity index (χ0) is 20.1. The van der Waals surface area contributed by atoms with E-state index in [0.29, 0.717) is 34.6 Å². The van der Waals surface area contributed by atoms with Gasteiger partial charge >= 0.3 is 0 Å². The molecule has 3 N–H and O–H groups in total. The summed E-state index contributed by atoms with van der Waals surface area (Å²) in [5.41, 5.74) is 8.92. The summed E-state index contributed by atoms with van der Waals surface area (Å²) in [5, 5.41) is 11.9. The molecule has 1 heterocycles. The Labute approximate surface area is 163 Å². The largest absolute Gasteiger partial charge is 0.497 e. The van der Waals surface area contributed by atoms with Crippen LogP contribution in [0.3, 0.4) is 0 Å². The number of nitrogens with one attached hydrogen (secondary N) is 1. The molecule has 0 aliphatic carbocycles. The van der Waals surface area contributed by atoms with Crippen molar-refractivity contribution in [1.82, 2.24) is 15.5 Å². The number of anilines is 1. The number of nitrogens with zero attached hydrogens (tertiary/aromatic N) is 2. The summed E-state index contributed by atoms with van der Waals surface area (Å²) in [6, 6.07) is 11.1. The highest BCUT2D eigenvalue weighted by Gasteiger charge is 2.18. The van der Waals surface area contributed by atoms with E-state index in [-0.39, 0.29) is 11.6 Å². The van der Waals surface area contributed by atoms with Crippen molar-refractivity contribution in [1.29, 1.82) is 0 Å². The molecule has 7 heteroatoms. The summed E-state index contributed by atoms with van der Waals surface area (Å²) in [7, 11) is 3.21. The average molecular weight is 380 g/mol. The standard InChI is InChI=1S/C21H24N4O3/c1-4-5-11-23-21(26)20-18(22)15-8-6-7-14(19(15)24-25-20)16-12-13(27-2)9-10-17(16)28-3/h6-10,12H,4-5,11H2,1-3H3,(H2,22,24)(H,23,26). The summed E-state index contributed by atoms with van der Waals surface area (Å²) >= 11 is 0. The van der Waals surface area contributed by atoms with Gasteiger partial charge in [-0.3, -0.25) is 4.79 Å². The summed E-state index contributed by atoms with van der Waals surface area (Å²) in [6.07, 6.45) is 1.89. The molecule has 3 rings (SSSR count). The molecule has 146 valence electrons. The Morgan fingerprint density at radius 3 is 2.64 bits per heavy atom. The van der Waals surface area contributed by atoms with Crippen molar-refractivity contribution in [2.75, 3.05) is 26.5 Å². The van der Waals surface area contributed by atoms with Crippen LogP contribution in [0.15, 0.2) is 36.4 Å². The van der Waals surface area contributed by atoms with Gasteiger partial charge in [-0.2, -0.15) is 0 Å². The predicted octanol–water partition coefficient (Wildman–Crippen LogP) is 3.43. The second-order valence-corrected chi connectivity index (χ2v) is 6.34. The number of methoxy groups -OCH3 is 2. The van der Waals surface area contributed by atoms with Gasteiger partial charge in [0.05, 0.1) is 19.9 Å². The number of rotatable bonds is 7. The molecule has 7 nitrogen and oxygen atoms in total. The van der Waals surface area contributed by atoms with E-state index in [1.807, 2.05) is 36.4 Å². The third kappa shape index (κ3) is 3.69. The highest BCUT2D eigenvalue weighted by atomic mass is 16.5. The third-order valence-electron chi connectivity index (χ3n) is 4.56. The van der Waals surface area contributed by atoms with Crippen LogP contribution in [-0.2, 0) is 0 Å². The first-order valence-electron chi connectivity index (χ1n) is 9.16. The van der Waals surface area contributed by atoms with Gasteiger partial charge in [-0.1, -0.05) is 31.5 Å². The van der Waals surface area contributed by atoms with Crippen LogP contribution < -0.4 is 20.5 Å². The number of hydrogen-bond acceptors (Lipinski definition) is 6. The Morgan fingerprint density at radius 2 is 1.93 bits per heavy atom. The van der Waals surface area contributed by atoms with Gasteiger partial charge in [-0.15, -0.1) is 10.2 Å². The van der Waals surface area contributed by atoms with Crippen LogP contribution in [0.4, 0.5) is 5.69 Å². The molecule has 1 amide bonds. The molecule has 2 aromatic carbocycles. The molecule has 0 saturated heterocycles. The molecule has 1 aromatic heterocycles. The molecule has 0 saturated carbocycles. The molecular weight excluding hydrogens is 356 g/mol. The van der Waals surface area contributed by atoms with E-state index in [1.54, 1.807) is 14.2 Å². The predicted molar refractivity (Wildman–Crippen MR) is 110 cm³/mol. The van der Waals surface area contributed by atoms with Gasteiger partial charge in [0.1, 0.15) is 17.0 Å². The highest BCUT2D eigenvalue weighted by molar-refractivity contribution is 6.07. The lowest BCUT2D eigenvalue weighted by Gasteiger charge is -2.14. The van der Waals surface area contributed by atoms with E-state index < -0.39 is 0 Å². The molecule has 0 radical (unpaired) electrons. The van der Waals surface area contributed by atoms with Crippen molar-refractivity contribution in [3.05, 3.63) is 42.1 Å². The Bertz CT molecular complexity index is 1000. The lowest BCUT2D eigenvalue weighted by atomic mass is 10.00. The lowest BCUT2D eigenvalue weighted by Crippen LogP contribution is -2.26. The van der Waals surface area contributed by atoms with Crippen molar-refractivity contribution in [3.8, 4) is 22.6 Å². The van der Waals surface area contributed by atoms with E-state index >= 15 is 0 Å². The number of fused-ring (bicyclic) bond motifs is 1. The summed E-state index contributed by atoms with van der Waals surface area (Å²) in [6.45, 7) is 2.64. The fourth-order valence-electron chi connectivity index (χ4n) is 3.02. The van der Waals surface area contributed by atoms with Gasteiger partial charge in [-0.05, 0) is 24.6 Å². The number of amides is 1. The molecule has 0 unspecified atom stereocenters. The Kier molecular flexibility index (Phi) is 5.93. The van der Waals surface area contributed by atoms with Crippen LogP contribution in [0.2, 0.25) is 0 Å². The zero-order valence-corrected chi connectivity index (χ0v) is 16.3. The first kappa shape index (κ1) is 19.4. The van der Waals surface area contributed by atoms with Crippen LogP contribution in [0.1, 0.15) is 30.3 Å². The van der Waals surface area contributed by atoms with Crippen LogP contribution in [-0.4, -0.2) is 36.9 Å². The maximum atomic E-state index is 12.4. The van der Waals surface area contributed by atoms with Crippen LogP contribution >= 0.6 is 0 Å². The molecule has 0 spiro atoms. The summed E-state index contributed by atoms with van der Waals surface area (Å²) in [4.78, 5) is 12.4. The van der Waals surface area contributed by atoms with Crippen LogP contribution in [0.25, 0.3) is 22.0 Å². The molecule has 28 heavy (non-hydrogen) atoms. The van der Waals surface area contributed by atoms with Crippen molar-refractivity contribution in [3.63, 3.8) is 0 Å². The minimum Gasteiger partial charge on any atom is -0.497 e. The van der Waals surface area contributed by atoms with Crippen LogP contribution in [0, 0.1) is 0 Å². The van der Waals surface area contributed by atoms with E-state index in [9.17, 15) is 4.79 Å². The minimum absolute atomic E-state index is 0.137. The molecule has 0 aliphatic heterocycles. The SMILES string of the molecule is CCCCNC(=O)c1nnc2c(-c3cc(OC)ccc3OC)cccc2c1N. The Balaban J connectivity index is 2.10. The first-order valence-corrected chi connectivity index (χ1v) is 9.16. The number of carbonyl (C=O) groups is 1. The fourth-order valence-corrected chi connectivity index (χ4v) is 3.02. The van der Waals surface area contributed by atoms with E-state index in [0.717, 1.165) is 24.0 Å². The summed E-state index contributed by atoms with van der Waals surface area (Å²) < 4.78 is 10.8. The first-order chi connectivity index (χ1) is 13.6. The molecular formula is C21H24N4O3. The smallest absolute Gasteiger partial charge is 0.273 e. The second-order valence-electron chi connectivity index (χ2n) is 6.34. The molecule has 0 bridgehead atoms. The van der Waals surface area contributed by atoms with Crippen molar-refractivity contribution >= 4 is 22.5 Å². The zero-order valence-electron chi connectivity index (χ0n) is 16.3. The summed E-state index contributed by atoms with van der Waals surface area (Å²) in [5.74, 6) is 1.06. The Morgan fingerprint density at radius 1 is 1.11 bits per heavy atom. The van der Waals surface area contributed by atoms with Gasteiger partial charge in [0, 0.05) is 23.1 Å². The molecule has 0 atom stereocenters. The van der Waals surface area contributed by atoms with Crippen molar-refractivity contribution in [2.24, 2.45) is 0 Å². The van der Waals surface area contributed by atoms with E-state index in [4.69, 9.17) is 15.2 Å². The minimum atomic E-state index is -0.315. The third-order valence-corrected chi connectivity index (χ3v) is 4.56.